The lowest BCUT2D eigenvalue weighted by molar-refractivity contribution is -0.137. The van der Waals surface area contributed by atoms with Gasteiger partial charge in [0.2, 0.25) is 0 Å². The fourth-order valence-electron chi connectivity index (χ4n) is 1.68. The maximum atomic E-state index is 10.8. The first kappa shape index (κ1) is 9.00. The molecule has 0 amide bonds. The Bertz CT molecular complexity index is 391. The van der Waals surface area contributed by atoms with Crippen molar-refractivity contribution >= 4 is 5.97 Å². The van der Waals surface area contributed by atoms with Crippen LogP contribution in [-0.2, 0) is 22.4 Å². The fourth-order valence-corrected chi connectivity index (χ4v) is 1.68. The molecule has 72 valence electrons. The molecule has 0 unspecified atom stereocenters. The maximum absolute atomic E-state index is 10.8. The molecular weight excluding hydrogens is 176 g/mol. The van der Waals surface area contributed by atoms with Crippen molar-refractivity contribution in [3.05, 3.63) is 47.2 Å². The molecule has 1 aromatic carbocycles. The lowest BCUT2D eigenvalue weighted by Crippen LogP contribution is -2.08. The number of hydrogen-bond donors (Lipinski definition) is 0. The molecule has 0 saturated carbocycles. The topological polar surface area (TPSA) is 26.3 Å². The normalized spacial score (nSPS) is 14.2. The van der Waals surface area contributed by atoms with E-state index in [1.807, 2.05) is 18.2 Å². The van der Waals surface area contributed by atoms with Crippen LogP contribution in [0.25, 0.3) is 0 Å². The van der Waals surface area contributed by atoms with E-state index in [9.17, 15) is 4.79 Å². The minimum atomic E-state index is -0.240. The number of fused-ring (bicyclic) bond motifs is 1. The lowest BCUT2D eigenvalue weighted by atomic mass is 9.96. The van der Waals surface area contributed by atoms with Crippen molar-refractivity contribution in [2.24, 2.45) is 0 Å². The molecule has 14 heavy (non-hydrogen) atoms. The van der Waals surface area contributed by atoms with Crippen molar-refractivity contribution in [3.63, 3.8) is 0 Å². The van der Waals surface area contributed by atoms with Gasteiger partial charge in [-0.3, -0.25) is 4.79 Å². The smallest absolute Gasteiger partial charge is 0.307 e. The first-order chi connectivity index (χ1) is 6.75. The molecule has 0 bridgehead atoms. The summed E-state index contributed by atoms with van der Waals surface area (Å²) < 4.78 is 5.07. The zero-order valence-corrected chi connectivity index (χ0v) is 8.12. The number of esters is 1. The van der Waals surface area contributed by atoms with Gasteiger partial charge in [0.15, 0.2) is 0 Å². The second-order valence-corrected chi connectivity index (χ2v) is 3.41. The van der Waals surface area contributed by atoms with Gasteiger partial charge in [-0.25, -0.2) is 0 Å². The molecule has 2 nitrogen and oxygen atoms in total. The van der Waals surface area contributed by atoms with Gasteiger partial charge in [-0.15, -0.1) is 0 Å². The number of benzene rings is 1. The van der Waals surface area contributed by atoms with Gasteiger partial charge in [-0.05, 0) is 23.6 Å². The van der Waals surface area contributed by atoms with Gasteiger partial charge in [-0.2, -0.15) is 0 Å². The summed E-state index contributed by atoms with van der Waals surface area (Å²) in [6.07, 6.45) is 3.57. The highest BCUT2D eigenvalue weighted by atomic mass is 16.5. The van der Waals surface area contributed by atoms with E-state index in [1.165, 1.54) is 18.1 Å². The van der Waals surface area contributed by atoms with Gasteiger partial charge >= 0.3 is 5.97 Å². The summed E-state index contributed by atoms with van der Waals surface area (Å²) in [7, 11) is 0. The van der Waals surface area contributed by atoms with Gasteiger partial charge in [0, 0.05) is 13.3 Å². The predicted molar refractivity (Wildman–Crippen MR) is 53.7 cm³/mol. The average molecular weight is 188 g/mol. The molecule has 1 aliphatic carbocycles. The highest BCUT2D eigenvalue weighted by molar-refractivity contribution is 5.67. The first-order valence-corrected chi connectivity index (χ1v) is 4.70. The maximum Gasteiger partial charge on any atom is 0.307 e. The van der Waals surface area contributed by atoms with Crippen molar-refractivity contribution in [3.8, 4) is 0 Å². The molecule has 2 rings (SSSR count). The fraction of sp³-hybridized carbons (Fsp3) is 0.250. The molecule has 1 aliphatic rings. The van der Waals surface area contributed by atoms with E-state index in [-0.39, 0.29) is 5.97 Å². The third kappa shape index (κ3) is 1.84. The predicted octanol–water partition coefficient (Wildman–Crippen LogP) is 2.23. The Labute approximate surface area is 83.2 Å². The van der Waals surface area contributed by atoms with Crippen molar-refractivity contribution < 1.29 is 9.53 Å². The standard InChI is InChI=1S/C12H12O2/c1-9(13)14-12-7-6-10-4-2-3-5-11(10)8-12/h2-5,7H,6,8H2,1H3. The van der Waals surface area contributed by atoms with Crippen LogP contribution in [0.4, 0.5) is 0 Å². The Hall–Kier alpha value is -1.57. The van der Waals surface area contributed by atoms with Gasteiger partial charge < -0.3 is 4.74 Å². The summed E-state index contributed by atoms with van der Waals surface area (Å²) in [5.41, 5.74) is 2.58. The average Bonchev–Trinajstić information content (AvgIpc) is 2.17. The molecule has 0 heterocycles. The summed E-state index contributed by atoms with van der Waals surface area (Å²) in [6.45, 7) is 1.43. The van der Waals surface area contributed by atoms with Crippen LogP contribution in [0.5, 0.6) is 0 Å². The van der Waals surface area contributed by atoms with Crippen molar-refractivity contribution in [1.82, 2.24) is 0 Å². The molecule has 0 fully saturated rings. The third-order valence-corrected chi connectivity index (χ3v) is 2.31. The molecule has 0 spiro atoms. The van der Waals surface area contributed by atoms with Crippen molar-refractivity contribution in [1.29, 1.82) is 0 Å². The molecule has 0 aromatic heterocycles. The number of rotatable bonds is 1. The van der Waals surface area contributed by atoms with Crippen LogP contribution < -0.4 is 0 Å². The molecule has 0 aliphatic heterocycles. The minimum absolute atomic E-state index is 0.240. The second kappa shape index (κ2) is 3.66. The van der Waals surface area contributed by atoms with Gasteiger partial charge in [0.05, 0.1) is 0 Å². The van der Waals surface area contributed by atoms with Crippen molar-refractivity contribution in [2.75, 3.05) is 0 Å². The minimum Gasteiger partial charge on any atom is -0.431 e. The van der Waals surface area contributed by atoms with Gasteiger partial charge in [0.25, 0.3) is 0 Å². The molecule has 0 atom stereocenters. The molecular formula is C12H12O2. The van der Waals surface area contributed by atoms with E-state index in [0.29, 0.717) is 0 Å². The summed E-state index contributed by atoms with van der Waals surface area (Å²) in [4.78, 5) is 10.8. The van der Waals surface area contributed by atoms with Crippen LogP contribution >= 0.6 is 0 Å². The zero-order chi connectivity index (χ0) is 9.97. The van der Waals surface area contributed by atoms with Crippen LogP contribution in [0, 0.1) is 0 Å². The van der Waals surface area contributed by atoms with Crippen LogP contribution in [0.3, 0.4) is 0 Å². The number of carbonyl (C=O) groups excluding carboxylic acids is 1. The Morgan fingerprint density at radius 3 is 2.71 bits per heavy atom. The van der Waals surface area contributed by atoms with Crippen LogP contribution in [0.1, 0.15) is 18.1 Å². The summed E-state index contributed by atoms with van der Waals surface area (Å²) in [6, 6.07) is 8.22. The third-order valence-electron chi connectivity index (χ3n) is 2.31. The van der Waals surface area contributed by atoms with Gasteiger partial charge in [-0.1, -0.05) is 24.3 Å². The number of allylic oxidation sites excluding steroid dienone is 2. The molecule has 0 radical (unpaired) electrons. The van der Waals surface area contributed by atoms with E-state index in [4.69, 9.17) is 4.74 Å². The van der Waals surface area contributed by atoms with Crippen LogP contribution in [0.15, 0.2) is 36.1 Å². The summed E-state index contributed by atoms with van der Waals surface area (Å²) >= 11 is 0. The molecule has 2 heteroatoms. The van der Waals surface area contributed by atoms with Crippen LogP contribution in [-0.4, -0.2) is 5.97 Å². The zero-order valence-electron chi connectivity index (χ0n) is 8.12. The SMILES string of the molecule is CC(=O)OC1=CCc2ccccc2C1. The largest absolute Gasteiger partial charge is 0.431 e. The Kier molecular flexibility index (Phi) is 2.35. The van der Waals surface area contributed by atoms with Crippen molar-refractivity contribution in [2.45, 2.75) is 19.8 Å². The quantitative estimate of drug-likeness (QED) is 0.632. The molecule has 0 saturated heterocycles. The number of carbonyl (C=O) groups is 1. The van der Waals surface area contributed by atoms with E-state index in [0.717, 1.165) is 18.6 Å². The number of ether oxygens (including phenoxy) is 1. The lowest BCUT2D eigenvalue weighted by Gasteiger charge is -2.15. The van der Waals surface area contributed by atoms with Crippen LogP contribution in [0.2, 0.25) is 0 Å². The van der Waals surface area contributed by atoms with Gasteiger partial charge in [0.1, 0.15) is 5.76 Å². The Balaban J connectivity index is 2.17. The van der Waals surface area contributed by atoms with E-state index in [2.05, 4.69) is 12.1 Å². The first-order valence-electron chi connectivity index (χ1n) is 4.70. The second-order valence-electron chi connectivity index (χ2n) is 3.41. The van der Waals surface area contributed by atoms with E-state index >= 15 is 0 Å². The molecule has 1 aromatic rings. The number of hydrogen-bond acceptors (Lipinski definition) is 2. The highest BCUT2D eigenvalue weighted by Crippen LogP contribution is 2.21. The summed E-state index contributed by atoms with van der Waals surface area (Å²) in [5.74, 6) is 0.534. The monoisotopic (exact) mass is 188 g/mol. The Morgan fingerprint density at radius 2 is 2.00 bits per heavy atom. The van der Waals surface area contributed by atoms with E-state index < -0.39 is 0 Å². The Morgan fingerprint density at radius 1 is 1.29 bits per heavy atom. The summed E-state index contributed by atoms with van der Waals surface area (Å²) in [5, 5.41) is 0. The molecule has 0 N–H and O–H groups in total. The highest BCUT2D eigenvalue weighted by Gasteiger charge is 2.12. The van der Waals surface area contributed by atoms with E-state index in [1.54, 1.807) is 0 Å².